The van der Waals surface area contributed by atoms with Crippen LogP contribution in [0.2, 0.25) is 0 Å². The highest BCUT2D eigenvalue weighted by molar-refractivity contribution is 5.29. The van der Waals surface area contributed by atoms with E-state index in [2.05, 4.69) is 19.1 Å². The Bertz CT molecular complexity index is 327. The van der Waals surface area contributed by atoms with E-state index in [4.69, 9.17) is 9.90 Å². The second kappa shape index (κ2) is 21.4. The topological polar surface area (TPSA) is 80.6 Å². The van der Waals surface area contributed by atoms with Crippen molar-refractivity contribution < 1.29 is 25.1 Å². The van der Waals surface area contributed by atoms with Gasteiger partial charge < -0.3 is 9.90 Å². The van der Waals surface area contributed by atoms with Crippen LogP contribution in [-0.2, 0) is 4.79 Å². The molecule has 0 spiro atoms. The Labute approximate surface area is 167 Å². The van der Waals surface area contributed by atoms with E-state index >= 15 is 0 Å². The summed E-state index contributed by atoms with van der Waals surface area (Å²) in [7, 11) is 1.42. The Kier molecular flexibility index (Phi) is 22.4. The van der Waals surface area contributed by atoms with Gasteiger partial charge in [0.15, 0.2) is 0 Å². The number of nitrogens with zero attached hydrogens (tertiary/aromatic N) is 1. The minimum absolute atomic E-state index is 0.0956. The van der Waals surface area contributed by atoms with Crippen LogP contribution in [0.4, 0.5) is 0 Å². The molecule has 0 aliphatic rings. The molecule has 0 amide bonds. The molecule has 1 unspecified atom stereocenters. The molecule has 5 heteroatoms. The number of hydrogen-bond acceptors (Lipinski definition) is 4. The average molecular weight is 388 g/mol. The quantitative estimate of drug-likeness (QED) is 0.115. The lowest BCUT2D eigenvalue weighted by Gasteiger charge is -2.23. The molecule has 27 heavy (non-hydrogen) atoms. The maximum absolute atomic E-state index is 9.40. The number of unbranched alkanes of at least 4 members (excludes halogenated alkanes) is 12. The van der Waals surface area contributed by atoms with Gasteiger partial charge in [0.2, 0.25) is 0 Å². The largest absolute Gasteiger partial charge is 0.554 e. The highest BCUT2D eigenvalue weighted by Gasteiger charge is 2.24. The normalized spacial score (nSPS) is 12.6. The van der Waals surface area contributed by atoms with Crippen LogP contribution in [0, 0.1) is 0 Å². The molecule has 0 aliphatic carbocycles. The first-order chi connectivity index (χ1) is 12.9. The van der Waals surface area contributed by atoms with Crippen LogP contribution in [0.5, 0.6) is 0 Å². The predicted molar refractivity (Wildman–Crippen MR) is 109 cm³/mol. The molecule has 0 aromatic carbocycles. The van der Waals surface area contributed by atoms with Gasteiger partial charge in [-0.25, -0.2) is 0 Å². The third-order valence-electron chi connectivity index (χ3n) is 4.97. The number of hydrogen-bond donors (Lipinski definition) is 2. The van der Waals surface area contributed by atoms with Crippen LogP contribution < -0.4 is 5.11 Å². The summed E-state index contributed by atoms with van der Waals surface area (Å²) in [6, 6.07) is -0.0956. The van der Waals surface area contributed by atoms with Crippen molar-refractivity contribution in [2.45, 2.75) is 116 Å². The first-order valence-electron chi connectivity index (χ1n) is 10.9. The summed E-state index contributed by atoms with van der Waals surface area (Å²) in [6.07, 6.45) is 24.0. The van der Waals surface area contributed by atoms with Gasteiger partial charge in [0.05, 0.1) is 0 Å². The fourth-order valence-corrected chi connectivity index (χ4v) is 2.93. The number of quaternary nitrogens is 1. The molecule has 2 N–H and O–H groups in total. The summed E-state index contributed by atoms with van der Waals surface area (Å²) >= 11 is 0. The summed E-state index contributed by atoms with van der Waals surface area (Å²) < 4.78 is 0. The number of hydroxylamine groups is 4. The van der Waals surface area contributed by atoms with Crippen molar-refractivity contribution in [3.05, 3.63) is 12.2 Å². The fourth-order valence-electron chi connectivity index (χ4n) is 2.93. The Morgan fingerprint density at radius 1 is 0.815 bits per heavy atom. The molecule has 1 atom stereocenters. The highest BCUT2D eigenvalue weighted by atomic mass is 16.8. The van der Waals surface area contributed by atoms with E-state index in [9.17, 15) is 10.4 Å². The summed E-state index contributed by atoms with van der Waals surface area (Å²) in [5, 5.41) is 27.0. The smallest absolute Gasteiger partial charge is 0.149 e. The van der Waals surface area contributed by atoms with Crippen LogP contribution in [-0.4, -0.2) is 34.8 Å². The zero-order valence-corrected chi connectivity index (χ0v) is 18.1. The van der Waals surface area contributed by atoms with Crippen molar-refractivity contribution in [3.63, 3.8) is 0 Å². The van der Waals surface area contributed by atoms with Gasteiger partial charge >= 0.3 is 0 Å². The SMILES string of the molecule is CCCCCCCC/C=C\CCCCCCCCC(C)[N+](C)(O)O.O=C[O-]. The molecule has 0 saturated carbocycles. The average Bonchev–Trinajstić information content (AvgIpc) is 2.61. The van der Waals surface area contributed by atoms with Crippen LogP contribution in [0.1, 0.15) is 110 Å². The van der Waals surface area contributed by atoms with Gasteiger partial charge in [0.1, 0.15) is 13.1 Å². The summed E-state index contributed by atoms with van der Waals surface area (Å²) in [4.78, 5) is 7.35. The number of allylic oxidation sites excluding steroid dienone is 2. The van der Waals surface area contributed by atoms with Crippen molar-refractivity contribution in [1.29, 1.82) is 0 Å². The minimum atomic E-state index is -0.898. The Morgan fingerprint density at radius 3 is 1.59 bits per heavy atom. The van der Waals surface area contributed by atoms with E-state index in [0.717, 1.165) is 12.8 Å². The standard InChI is InChI=1S/C21H44NO2.CH2O2/c1-4-5-6-7-8-9-10-11-12-13-14-15-16-17-18-19-20-21(2)22(3,23)24;2-1-3/h11-12,21,23-24H,4-10,13-20H2,1-3H3;1H,(H,2,3)/q+1;/p-1/b12-11-;. The summed E-state index contributed by atoms with van der Waals surface area (Å²) in [6.45, 7) is 3.66. The maximum Gasteiger partial charge on any atom is 0.149 e. The van der Waals surface area contributed by atoms with Gasteiger partial charge in [-0.15, -0.1) is 0 Å². The monoisotopic (exact) mass is 387 g/mol. The van der Waals surface area contributed by atoms with E-state index in [1.54, 1.807) is 0 Å². The third kappa shape index (κ3) is 25.1. The lowest BCUT2D eigenvalue weighted by Crippen LogP contribution is -2.44. The molecule has 0 aliphatic heterocycles. The lowest BCUT2D eigenvalue weighted by atomic mass is 10.1. The molecule has 0 rings (SSSR count). The van der Waals surface area contributed by atoms with E-state index in [0.29, 0.717) is 0 Å². The molecule has 162 valence electrons. The molecule has 0 heterocycles. The van der Waals surface area contributed by atoms with E-state index < -0.39 is 11.3 Å². The van der Waals surface area contributed by atoms with E-state index in [1.807, 2.05) is 6.92 Å². The fraction of sp³-hybridized carbons (Fsp3) is 0.864. The van der Waals surface area contributed by atoms with Crippen molar-refractivity contribution in [3.8, 4) is 0 Å². The molecule has 5 nitrogen and oxygen atoms in total. The van der Waals surface area contributed by atoms with Gasteiger partial charge in [-0.2, -0.15) is 10.4 Å². The van der Waals surface area contributed by atoms with Gasteiger partial charge in [-0.1, -0.05) is 76.9 Å². The van der Waals surface area contributed by atoms with Gasteiger partial charge in [0.25, 0.3) is 0 Å². The maximum atomic E-state index is 9.40. The Morgan fingerprint density at radius 2 is 1.19 bits per heavy atom. The molecule has 0 aromatic rings. The minimum Gasteiger partial charge on any atom is -0.554 e. The summed E-state index contributed by atoms with van der Waals surface area (Å²) in [5.74, 6) is 0. The molecule has 0 saturated heterocycles. The zero-order chi connectivity index (χ0) is 20.8. The molecular weight excluding hydrogens is 342 g/mol. The first-order valence-corrected chi connectivity index (χ1v) is 10.9. The van der Waals surface area contributed by atoms with Crippen molar-refractivity contribution >= 4 is 6.47 Å². The molecule has 0 radical (unpaired) electrons. The third-order valence-corrected chi connectivity index (χ3v) is 4.97. The van der Waals surface area contributed by atoms with Gasteiger partial charge in [0, 0.05) is 12.9 Å². The van der Waals surface area contributed by atoms with Crippen LogP contribution in [0.25, 0.3) is 0 Å². The lowest BCUT2D eigenvalue weighted by molar-refractivity contribution is -1.25. The van der Waals surface area contributed by atoms with Crippen LogP contribution >= 0.6 is 0 Å². The van der Waals surface area contributed by atoms with Crippen LogP contribution in [0.15, 0.2) is 12.2 Å². The predicted octanol–water partition coefficient (Wildman–Crippen LogP) is 5.39. The molecular formula is C22H45NO4. The molecule has 0 bridgehead atoms. The molecule has 0 aromatic heterocycles. The second-order valence-electron chi connectivity index (χ2n) is 7.65. The number of carbonyl (C=O) groups is 1. The van der Waals surface area contributed by atoms with Crippen molar-refractivity contribution in [2.75, 3.05) is 7.05 Å². The number of carbonyl (C=O) groups excluding carboxylic acids is 1. The second-order valence-corrected chi connectivity index (χ2v) is 7.65. The molecule has 0 fully saturated rings. The van der Waals surface area contributed by atoms with Crippen LogP contribution in [0.3, 0.4) is 0 Å². The van der Waals surface area contributed by atoms with E-state index in [1.165, 1.54) is 90.5 Å². The summed E-state index contributed by atoms with van der Waals surface area (Å²) in [5.41, 5.74) is 0. The van der Waals surface area contributed by atoms with E-state index in [-0.39, 0.29) is 6.04 Å². The highest BCUT2D eigenvalue weighted by Crippen LogP contribution is 2.14. The number of carboxylic acid groups (broad SMARTS) is 1. The first kappa shape index (κ1) is 28.3. The van der Waals surface area contributed by atoms with Crippen molar-refractivity contribution in [2.24, 2.45) is 0 Å². The Hall–Kier alpha value is -0.910. The van der Waals surface area contributed by atoms with Gasteiger partial charge in [-0.3, -0.25) is 0 Å². The van der Waals surface area contributed by atoms with Crippen molar-refractivity contribution in [1.82, 2.24) is 0 Å². The Balaban J connectivity index is 0. The zero-order valence-electron chi connectivity index (χ0n) is 18.1. The number of rotatable bonds is 17. The van der Waals surface area contributed by atoms with Gasteiger partial charge in [-0.05, 0) is 43.8 Å².